The van der Waals surface area contributed by atoms with E-state index >= 15 is 0 Å². The molecular weight excluding hydrogens is 294 g/mol. The molecule has 5 heteroatoms. The summed E-state index contributed by atoms with van der Waals surface area (Å²) >= 11 is 0. The molecule has 2 heterocycles. The van der Waals surface area contributed by atoms with Crippen LogP contribution in [-0.4, -0.2) is 35.8 Å². The molecule has 1 saturated carbocycles. The Morgan fingerprint density at radius 3 is 2.83 bits per heavy atom. The Balaban J connectivity index is 1.44. The van der Waals surface area contributed by atoms with Gasteiger partial charge in [0, 0.05) is 13.1 Å². The van der Waals surface area contributed by atoms with Crippen molar-refractivity contribution in [2.24, 2.45) is 5.92 Å². The summed E-state index contributed by atoms with van der Waals surface area (Å²) in [5.41, 5.74) is 0. The van der Waals surface area contributed by atoms with Gasteiger partial charge in [0.25, 0.3) is 0 Å². The van der Waals surface area contributed by atoms with Crippen molar-refractivity contribution in [1.82, 2.24) is 4.90 Å². The number of aryl methyl sites for hydroxylation is 1. The van der Waals surface area contributed by atoms with Gasteiger partial charge in [-0.25, -0.2) is 0 Å². The second kappa shape index (κ2) is 7.81. The normalized spacial score (nSPS) is 16.1. The third kappa shape index (κ3) is 5.53. The van der Waals surface area contributed by atoms with E-state index in [1.54, 1.807) is 6.26 Å². The van der Waals surface area contributed by atoms with Crippen molar-refractivity contribution in [1.29, 1.82) is 0 Å². The number of furan rings is 2. The molecule has 1 aliphatic rings. The topological polar surface area (TPSA) is 59.0 Å². The van der Waals surface area contributed by atoms with E-state index in [0.717, 1.165) is 36.3 Å². The van der Waals surface area contributed by atoms with Crippen LogP contribution in [0.25, 0.3) is 0 Å². The van der Waals surface area contributed by atoms with E-state index in [0.29, 0.717) is 19.8 Å². The maximum atomic E-state index is 10.2. The van der Waals surface area contributed by atoms with Gasteiger partial charge in [-0.1, -0.05) is 0 Å². The zero-order valence-electron chi connectivity index (χ0n) is 13.6. The molecule has 0 bridgehead atoms. The summed E-state index contributed by atoms with van der Waals surface area (Å²) < 4.78 is 16.4. The lowest BCUT2D eigenvalue weighted by molar-refractivity contribution is 0.00227. The fourth-order valence-corrected chi connectivity index (χ4v) is 2.70. The molecule has 0 saturated heterocycles. The number of aliphatic hydroxyl groups is 1. The first kappa shape index (κ1) is 16.3. The Morgan fingerprint density at radius 2 is 2.17 bits per heavy atom. The molecule has 2 aromatic heterocycles. The Hall–Kier alpha value is -1.56. The van der Waals surface area contributed by atoms with Gasteiger partial charge in [-0.05, 0) is 49.9 Å². The molecule has 5 nitrogen and oxygen atoms in total. The number of ether oxygens (including phenoxy) is 1. The van der Waals surface area contributed by atoms with Crippen LogP contribution in [0.5, 0.6) is 0 Å². The van der Waals surface area contributed by atoms with Gasteiger partial charge >= 0.3 is 0 Å². The van der Waals surface area contributed by atoms with Crippen molar-refractivity contribution in [3.8, 4) is 0 Å². The largest absolute Gasteiger partial charge is 0.467 e. The molecule has 1 fully saturated rings. The molecule has 0 radical (unpaired) electrons. The number of aliphatic hydroxyl groups excluding tert-OH is 1. The molecule has 2 aromatic rings. The summed E-state index contributed by atoms with van der Waals surface area (Å²) in [5, 5.41) is 10.2. The second-order valence-corrected chi connectivity index (χ2v) is 6.40. The van der Waals surface area contributed by atoms with Crippen LogP contribution in [0.3, 0.4) is 0 Å². The molecule has 0 spiro atoms. The maximum Gasteiger partial charge on any atom is 0.129 e. The summed E-state index contributed by atoms with van der Waals surface area (Å²) in [6.45, 7) is 4.98. The van der Waals surface area contributed by atoms with Crippen LogP contribution in [-0.2, 0) is 17.9 Å². The van der Waals surface area contributed by atoms with Crippen molar-refractivity contribution in [2.45, 2.75) is 39.0 Å². The SMILES string of the molecule is Cc1ccc(CN(CC(O)COCc2ccco2)CC2CC2)o1. The third-order valence-electron chi connectivity index (χ3n) is 3.99. The minimum atomic E-state index is -0.514. The number of nitrogens with zero attached hydrogens (tertiary/aromatic N) is 1. The lowest BCUT2D eigenvalue weighted by Crippen LogP contribution is -2.35. The van der Waals surface area contributed by atoms with Crippen molar-refractivity contribution in [3.05, 3.63) is 47.8 Å². The highest BCUT2D eigenvalue weighted by Gasteiger charge is 2.26. The summed E-state index contributed by atoms with van der Waals surface area (Å²) in [6.07, 6.45) is 3.69. The highest BCUT2D eigenvalue weighted by molar-refractivity contribution is 5.05. The Bertz CT molecular complexity index is 574. The number of hydrogen-bond donors (Lipinski definition) is 1. The number of rotatable bonds is 10. The molecule has 23 heavy (non-hydrogen) atoms. The quantitative estimate of drug-likeness (QED) is 0.729. The van der Waals surface area contributed by atoms with Crippen LogP contribution in [0.4, 0.5) is 0 Å². The Morgan fingerprint density at radius 1 is 1.30 bits per heavy atom. The summed E-state index contributed by atoms with van der Waals surface area (Å²) in [4.78, 5) is 2.26. The fourth-order valence-electron chi connectivity index (χ4n) is 2.70. The van der Waals surface area contributed by atoms with Gasteiger partial charge in [0.15, 0.2) is 0 Å². The van der Waals surface area contributed by atoms with E-state index in [4.69, 9.17) is 13.6 Å². The predicted octanol–water partition coefficient (Wildman–Crippen LogP) is 2.97. The molecule has 1 unspecified atom stereocenters. The molecule has 1 aliphatic carbocycles. The van der Waals surface area contributed by atoms with Crippen LogP contribution in [0.15, 0.2) is 39.4 Å². The van der Waals surface area contributed by atoms with Crippen LogP contribution in [0.1, 0.15) is 30.1 Å². The lowest BCUT2D eigenvalue weighted by Gasteiger charge is -2.24. The smallest absolute Gasteiger partial charge is 0.129 e. The molecule has 0 aliphatic heterocycles. The maximum absolute atomic E-state index is 10.2. The van der Waals surface area contributed by atoms with Gasteiger partial charge in [-0.2, -0.15) is 0 Å². The van der Waals surface area contributed by atoms with E-state index in [1.807, 2.05) is 31.2 Å². The fraction of sp³-hybridized carbons (Fsp3) is 0.556. The first-order valence-corrected chi connectivity index (χ1v) is 8.25. The molecule has 1 N–H and O–H groups in total. The summed E-state index contributed by atoms with van der Waals surface area (Å²) in [5.74, 6) is 3.42. The van der Waals surface area contributed by atoms with Gasteiger partial charge in [-0.3, -0.25) is 4.90 Å². The van der Waals surface area contributed by atoms with E-state index < -0.39 is 6.10 Å². The average molecular weight is 319 g/mol. The zero-order chi connectivity index (χ0) is 16.1. The van der Waals surface area contributed by atoms with Crippen LogP contribution in [0.2, 0.25) is 0 Å². The number of hydrogen-bond acceptors (Lipinski definition) is 5. The first-order chi connectivity index (χ1) is 11.2. The minimum absolute atomic E-state index is 0.305. The van der Waals surface area contributed by atoms with Crippen molar-refractivity contribution < 1.29 is 18.7 Å². The highest BCUT2D eigenvalue weighted by Crippen LogP contribution is 2.30. The Labute approximate surface area is 136 Å². The first-order valence-electron chi connectivity index (χ1n) is 8.25. The van der Waals surface area contributed by atoms with E-state index in [9.17, 15) is 5.11 Å². The van der Waals surface area contributed by atoms with Crippen molar-refractivity contribution in [3.63, 3.8) is 0 Å². The molecule has 3 rings (SSSR count). The van der Waals surface area contributed by atoms with Gasteiger partial charge in [0.2, 0.25) is 0 Å². The van der Waals surface area contributed by atoms with E-state index in [2.05, 4.69) is 4.90 Å². The molecule has 1 atom stereocenters. The van der Waals surface area contributed by atoms with Crippen LogP contribution < -0.4 is 0 Å². The van der Waals surface area contributed by atoms with Gasteiger partial charge in [0.05, 0.1) is 25.5 Å². The second-order valence-electron chi connectivity index (χ2n) is 6.40. The van der Waals surface area contributed by atoms with Gasteiger partial charge < -0.3 is 18.7 Å². The monoisotopic (exact) mass is 319 g/mol. The van der Waals surface area contributed by atoms with E-state index in [1.165, 1.54) is 12.8 Å². The Kier molecular flexibility index (Phi) is 5.54. The van der Waals surface area contributed by atoms with Crippen LogP contribution >= 0.6 is 0 Å². The predicted molar refractivity (Wildman–Crippen MR) is 85.8 cm³/mol. The zero-order valence-corrected chi connectivity index (χ0v) is 13.6. The molecule has 126 valence electrons. The highest BCUT2D eigenvalue weighted by atomic mass is 16.5. The van der Waals surface area contributed by atoms with Crippen molar-refractivity contribution in [2.75, 3.05) is 19.7 Å². The van der Waals surface area contributed by atoms with Crippen molar-refractivity contribution >= 4 is 0 Å². The lowest BCUT2D eigenvalue weighted by atomic mass is 10.2. The molecule has 0 amide bonds. The van der Waals surface area contributed by atoms with E-state index in [-0.39, 0.29) is 0 Å². The summed E-state index contributed by atoms with van der Waals surface area (Å²) in [6, 6.07) is 7.69. The van der Waals surface area contributed by atoms with Gasteiger partial charge in [-0.15, -0.1) is 0 Å². The molecular formula is C18H25NO4. The standard InChI is InChI=1S/C18H25NO4/c1-14-4-7-17(23-14)11-19(9-15-5-6-15)10-16(20)12-21-13-18-3-2-8-22-18/h2-4,7-8,15-16,20H,5-6,9-13H2,1H3. The third-order valence-corrected chi connectivity index (χ3v) is 3.99. The average Bonchev–Trinajstić information content (AvgIpc) is 2.99. The van der Waals surface area contributed by atoms with Crippen LogP contribution in [0, 0.1) is 12.8 Å². The minimum Gasteiger partial charge on any atom is -0.467 e. The molecule has 0 aromatic carbocycles. The summed E-state index contributed by atoms with van der Waals surface area (Å²) in [7, 11) is 0. The van der Waals surface area contributed by atoms with Gasteiger partial charge in [0.1, 0.15) is 23.9 Å².